The predicted molar refractivity (Wildman–Crippen MR) is 54.9 cm³/mol. The van der Waals surface area contributed by atoms with E-state index in [1.54, 1.807) is 13.0 Å². The number of furan rings is 1. The topological polar surface area (TPSA) is 59.7 Å². The Morgan fingerprint density at radius 2 is 2.47 bits per heavy atom. The van der Waals surface area contributed by atoms with Crippen LogP contribution in [0.15, 0.2) is 23.1 Å². The quantitative estimate of drug-likeness (QED) is 0.578. The molecular weight excluding hydrogens is 196 g/mol. The Kier molecular flexibility index (Phi) is 4.12. The third-order valence-corrected chi connectivity index (χ3v) is 1.91. The summed E-state index contributed by atoms with van der Waals surface area (Å²) in [7, 11) is 0. The average Bonchev–Trinajstić information content (AvgIpc) is 2.55. The van der Waals surface area contributed by atoms with Crippen molar-refractivity contribution >= 4 is 5.97 Å². The zero-order chi connectivity index (χ0) is 11.3. The second-order valence-corrected chi connectivity index (χ2v) is 3.12. The summed E-state index contributed by atoms with van der Waals surface area (Å²) in [6.45, 7) is 6.04. The van der Waals surface area contributed by atoms with Crippen molar-refractivity contribution in [3.8, 4) is 0 Å². The molecule has 1 heterocycles. The molecule has 0 aliphatic heterocycles. The standard InChI is InChI=1S/C11H14O4/c1-3-4-5-14-7-9-6-10(11(12)13)8(2)15-9/h3,6H,1,4-5,7H2,2H3,(H,12,13). The molecule has 4 nitrogen and oxygen atoms in total. The van der Waals surface area contributed by atoms with E-state index in [2.05, 4.69) is 6.58 Å². The fraction of sp³-hybridized carbons (Fsp3) is 0.364. The van der Waals surface area contributed by atoms with Crippen molar-refractivity contribution < 1.29 is 19.1 Å². The van der Waals surface area contributed by atoms with Gasteiger partial charge in [-0.3, -0.25) is 0 Å². The summed E-state index contributed by atoms with van der Waals surface area (Å²) in [6, 6.07) is 1.49. The molecule has 0 spiro atoms. The van der Waals surface area contributed by atoms with Gasteiger partial charge in [-0.15, -0.1) is 6.58 Å². The predicted octanol–water partition coefficient (Wildman–Crippen LogP) is 2.38. The van der Waals surface area contributed by atoms with E-state index in [1.807, 2.05) is 0 Å². The lowest BCUT2D eigenvalue weighted by atomic mass is 10.2. The molecule has 0 saturated heterocycles. The highest BCUT2D eigenvalue weighted by Crippen LogP contribution is 2.15. The number of aromatic carboxylic acids is 1. The second-order valence-electron chi connectivity index (χ2n) is 3.12. The van der Waals surface area contributed by atoms with Crippen molar-refractivity contribution in [1.29, 1.82) is 0 Å². The van der Waals surface area contributed by atoms with Gasteiger partial charge in [-0.25, -0.2) is 4.79 Å². The first kappa shape index (κ1) is 11.5. The van der Waals surface area contributed by atoms with E-state index < -0.39 is 5.97 Å². The van der Waals surface area contributed by atoms with E-state index in [-0.39, 0.29) is 5.56 Å². The van der Waals surface area contributed by atoms with Gasteiger partial charge in [0.1, 0.15) is 23.7 Å². The Morgan fingerprint density at radius 3 is 3.00 bits per heavy atom. The van der Waals surface area contributed by atoms with Gasteiger partial charge >= 0.3 is 5.97 Å². The maximum atomic E-state index is 10.7. The van der Waals surface area contributed by atoms with Crippen LogP contribution in [0.5, 0.6) is 0 Å². The normalized spacial score (nSPS) is 10.2. The van der Waals surface area contributed by atoms with Crippen LogP contribution in [0.1, 0.15) is 28.3 Å². The largest absolute Gasteiger partial charge is 0.478 e. The zero-order valence-electron chi connectivity index (χ0n) is 8.66. The van der Waals surface area contributed by atoms with Gasteiger partial charge in [0, 0.05) is 0 Å². The third kappa shape index (κ3) is 3.25. The molecule has 0 unspecified atom stereocenters. The van der Waals surface area contributed by atoms with E-state index in [4.69, 9.17) is 14.3 Å². The molecule has 15 heavy (non-hydrogen) atoms. The van der Waals surface area contributed by atoms with Crippen LogP contribution in [0.25, 0.3) is 0 Å². The van der Waals surface area contributed by atoms with Gasteiger partial charge in [-0.2, -0.15) is 0 Å². The fourth-order valence-electron chi connectivity index (χ4n) is 1.17. The summed E-state index contributed by atoms with van der Waals surface area (Å²) in [4.78, 5) is 10.7. The van der Waals surface area contributed by atoms with Crippen LogP contribution in [0, 0.1) is 6.92 Å². The zero-order valence-corrected chi connectivity index (χ0v) is 8.66. The highest BCUT2D eigenvalue weighted by molar-refractivity contribution is 5.88. The molecule has 4 heteroatoms. The van der Waals surface area contributed by atoms with Crippen LogP contribution < -0.4 is 0 Å². The first-order valence-corrected chi connectivity index (χ1v) is 4.66. The van der Waals surface area contributed by atoms with E-state index in [0.29, 0.717) is 24.7 Å². The fourth-order valence-corrected chi connectivity index (χ4v) is 1.17. The molecule has 1 rings (SSSR count). The molecule has 0 atom stereocenters. The highest BCUT2D eigenvalue weighted by Gasteiger charge is 2.13. The smallest absolute Gasteiger partial charge is 0.339 e. The molecular formula is C11H14O4. The minimum atomic E-state index is -0.978. The Morgan fingerprint density at radius 1 is 1.73 bits per heavy atom. The minimum Gasteiger partial charge on any atom is -0.478 e. The molecule has 82 valence electrons. The van der Waals surface area contributed by atoms with Gasteiger partial charge in [0.15, 0.2) is 0 Å². The van der Waals surface area contributed by atoms with Crippen molar-refractivity contribution in [2.45, 2.75) is 20.0 Å². The first-order chi connectivity index (χ1) is 7.15. The molecule has 0 amide bonds. The van der Waals surface area contributed by atoms with Gasteiger partial charge in [0.25, 0.3) is 0 Å². The second kappa shape index (κ2) is 5.36. The first-order valence-electron chi connectivity index (χ1n) is 4.66. The van der Waals surface area contributed by atoms with E-state index in [1.165, 1.54) is 6.07 Å². The minimum absolute atomic E-state index is 0.192. The summed E-state index contributed by atoms with van der Waals surface area (Å²) in [5.74, 6) is -0.0348. The Labute approximate surface area is 88.2 Å². The van der Waals surface area contributed by atoms with Crippen LogP contribution in [0.4, 0.5) is 0 Å². The molecule has 1 aromatic heterocycles. The van der Waals surface area contributed by atoms with Crippen LogP contribution in [0.2, 0.25) is 0 Å². The number of hydrogen-bond acceptors (Lipinski definition) is 3. The van der Waals surface area contributed by atoms with Gasteiger partial charge in [0.05, 0.1) is 6.61 Å². The number of ether oxygens (including phenoxy) is 1. The monoisotopic (exact) mass is 210 g/mol. The van der Waals surface area contributed by atoms with Crippen LogP contribution >= 0.6 is 0 Å². The van der Waals surface area contributed by atoms with Gasteiger partial charge < -0.3 is 14.3 Å². The average molecular weight is 210 g/mol. The van der Waals surface area contributed by atoms with Gasteiger partial charge in [-0.1, -0.05) is 6.08 Å². The third-order valence-electron chi connectivity index (χ3n) is 1.91. The number of hydrogen-bond donors (Lipinski definition) is 1. The Hall–Kier alpha value is -1.55. The van der Waals surface area contributed by atoms with Crippen molar-refractivity contribution in [1.82, 2.24) is 0 Å². The number of aryl methyl sites for hydroxylation is 1. The van der Waals surface area contributed by atoms with E-state index >= 15 is 0 Å². The van der Waals surface area contributed by atoms with E-state index in [9.17, 15) is 4.79 Å². The molecule has 0 fully saturated rings. The van der Waals surface area contributed by atoms with Gasteiger partial charge in [0.2, 0.25) is 0 Å². The summed E-state index contributed by atoms with van der Waals surface area (Å²) in [5, 5.41) is 8.77. The Balaban J connectivity index is 2.52. The Bertz CT molecular complexity index is 351. The lowest BCUT2D eigenvalue weighted by Gasteiger charge is -1.97. The lowest BCUT2D eigenvalue weighted by Crippen LogP contribution is -1.95. The molecule has 0 aliphatic carbocycles. The maximum absolute atomic E-state index is 10.7. The number of carboxylic acid groups (broad SMARTS) is 1. The highest BCUT2D eigenvalue weighted by atomic mass is 16.5. The van der Waals surface area contributed by atoms with Crippen molar-refractivity contribution in [2.75, 3.05) is 6.61 Å². The van der Waals surface area contributed by atoms with E-state index in [0.717, 1.165) is 6.42 Å². The molecule has 0 bridgehead atoms. The summed E-state index contributed by atoms with van der Waals surface area (Å²) < 4.78 is 10.5. The molecule has 0 aromatic carbocycles. The molecule has 1 N–H and O–H groups in total. The summed E-state index contributed by atoms with van der Waals surface area (Å²) in [5.41, 5.74) is 0.192. The molecule has 0 radical (unpaired) electrons. The lowest BCUT2D eigenvalue weighted by molar-refractivity contribution is 0.0695. The number of carboxylic acids is 1. The van der Waals surface area contributed by atoms with Crippen LogP contribution in [-0.2, 0) is 11.3 Å². The maximum Gasteiger partial charge on any atom is 0.339 e. The summed E-state index contributed by atoms with van der Waals surface area (Å²) in [6.07, 6.45) is 2.53. The van der Waals surface area contributed by atoms with Crippen molar-refractivity contribution in [3.05, 3.63) is 35.8 Å². The van der Waals surface area contributed by atoms with Crippen molar-refractivity contribution in [3.63, 3.8) is 0 Å². The van der Waals surface area contributed by atoms with Crippen molar-refractivity contribution in [2.24, 2.45) is 0 Å². The van der Waals surface area contributed by atoms with Gasteiger partial charge in [-0.05, 0) is 19.4 Å². The molecule has 0 saturated carbocycles. The number of rotatable bonds is 6. The molecule has 0 aliphatic rings. The molecule has 1 aromatic rings. The summed E-state index contributed by atoms with van der Waals surface area (Å²) >= 11 is 0. The van der Waals surface area contributed by atoms with Crippen LogP contribution in [0.3, 0.4) is 0 Å². The SMILES string of the molecule is C=CCCOCc1cc(C(=O)O)c(C)o1. The van der Waals surface area contributed by atoms with Crippen LogP contribution in [-0.4, -0.2) is 17.7 Å². The number of carbonyl (C=O) groups is 1.